The van der Waals surface area contributed by atoms with Crippen molar-refractivity contribution in [3.63, 3.8) is 0 Å². The quantitative estimate of drug-likeness (QED) is 0.593. The van der Waals surface area contributed by atoms with Crippen LogP contribution in [-0.4, -0.2) is 0 Å². The molecule has 1 aromatic rings. The Morgan fingerprint density at radius 3 is 1.67 bits per heavy atom. The molecular formula is C12H17. The van der Waals surface area contributed by atoms with Crippen LogP contribution in [0.5, 0.6) is 0 Å². The fourth-order valence-corrected chi connectivity index (χ4v) is 1.73. The maximum Gasteiger partial charge on any atom is -0.0114 e. The summed E-state index contributed by atoms with van der Waals surface area (Å²) in [5.41, 5.74) is 6.94. The van der Waals surface area contributed by atoms with E-state index < -0.39 is 0 Å². The van der Waals surface area contributed by atoms with Crippen LogP contribution < -0.4 is 0 Å². The maximum absolute atomic E-state index is 3.38. The van der Waals surface area contributed by atoms with Gasteiger partial charge in [-0.25, -0.2) is 0 Å². The van der Waals surface area contributed by atoms with Gasteiger partial charge in [0.2, 0.25) is 0 Å². The smallest absolute Gasteiger partial charge is 0.0114 e. The molecule has 0 atom stereocenters. The summed E-state index contributed by atoms with van der Waals surface area (Å²) in [4.78, 5) is 0. The van der Waals surface area contributed by atoms with Crippen LogP contribution in [0, 0.1) is 33.8 Å². The van der Waals surface area contributed by atoms with Crippen molar-refractivity contribution in [2.75, 3.05) is 0 Å². The second kappa shape index (κ2) is 3.30. The fourth-order valence-electron chi connectivity index (χ4n) is 1.73. The second-order valence-corrected chi connectivity index (χ2v) is 3.46. The summed E-state index contributed by atoms with van der Waals surface area (Å²) in [6, 6.07) is 3.38. The predicted octanol–water partition coefficient (Wildman–Crippen LogP) is 3.28. The topological polar surface area (TPSA) is 0 Å². The van der Waals surface area contributed by atoms with E-state index in [0.29, 0.717) is 0 Å². The lowest BCUT2D eigenvalue weighted by atomic mass is 9.93. The highest BCUT2D eigenvalue weighted by atomic mass is 14.1. The molecule has 1 rings (SSSR count). The zero-order valence-electron chi connectivity index (χ0n) is 8.71. The molecule has 65 valence electrons. The molecule has 0 aliphatic rings. The first-order valence-corrected chi connectivity index (χ1v) is 4.56. The van der Waals surface area contributed by atoms with Gasteiger partial charge in [0.1, 0.15) is 0 Å². The molecule has 0 nitrogen and oxygen atoms in total. The van der Waals surface area contributed by atoms with Crippen molar-refractivity contribution in [3.8, 4) is 0 Å². The van der Waals surface area contributed by atoms with Crippen LogP contribution in [0.2, 0.25) is 0 Å². The van der Waals surface area contributed by atoms with E-state index in [1.807, 2.05) is 0 Å². The summed E-state index contributed by atoms with van der Waals surface area (Å²) in [5, 5.41) is 0. The van der Waals surface area contributed by atoms with Crippen LogP contribution in [0.25, 0.3) is 0 Å². The number of aryl methyl sites for hydroxylation is 2. The minimum absolute atomic E-state index is 1.13. The van der Waals surface area contributed by atoms with E-state index in [-0.39, 0.29) is 0 Å². The SMILES string of the molecule is CCc1c(C)c(C)[c]c(C)c1C. The second-order valence-electron chi connectivity index (χ2n) is 3.46. The van der Waals surface area contributed by atoms with Gasteiger partial charge >= 0.3 is 0 Å². The molecule has 0 fully saturated rings. The van der Waals surface area contributed by atoms with Crippen LogP contribution >= 0.6 is 0 Å². The highest BCUT2D eigenvalue weighted by molar-refractivity contribution is 5.42. The summed E-state index contributed by atoms with van der Waals surface area (Å²) in [6.45, 7) is 10.9. The monoisotopic (exact) mass is 161 g/mol. The lowest BCUT2D eigenvalue weighted by molar-refractivity contribution is 1.05. The Morgan fingerprint density at radius 2 is 1.33 bits per heavy atom. The lowest BCUT2D eigenvalue weighted by Gasteiger charge is -2.12. The molecule has 0 unspecified atom stereocenters. The van der Waals surface area contributed by atoms with Crippen LogP contribution in [0.3, 0.4) is 0 Å². The van der Waals surface area contributed by atoms with Gasteiger partial charge in [-0.1, -0.05) is 6.92 Å². The third-order valence-electron chi connectivity index (χ3n) is 2.76. The van der Waals surface area contributed by atoms with Gasteiger partial charge in [0.15, 0.2) is 0 Å². The number of benzene rings is 1. The largest absolute Gasteiger partial charge is 0.0613 e. The van der Waals surface area contributed by atoms with E-state index in [4.69, 9.17) is 0 Å². The summed E-state index contributed by atoms with van der Waals surface area (Å²) in [6.07, 6.45) is 1.13. The predicted molar refractivity (Wildman–Crippen MR) is 53.6 cm³/mol. The summed E-state index contributed by atoms with van der Waals surface area (Å²) in [5.74, 6) is 0. The van der Waals surface area contributed by atoms with Crippen molar-refractivity contribution in [1.82, 2.24) is 0 Å². The lowest BCUT2D eigenvalue weighted by Crippen LogP contribution is -1.97. The number of hydrogen-bond donors (Lipinski definition) is 0. The highest BCUT2D eigenvalue weighted by Crippen LogP contribution is 2.20. The Bertz CT molecular complexity index is 269. The summed E-state index contributed by atoms with van der Waals surface area (Å²) >= 11 is 0. The molecule has 1 radical (unpaired) electrons. The van der Waals surface area contributed by atoms with E-state index >= 15 is 0 Å². The van der Waals surface area contributed by atoms with Gasteiger partial charge in [-0.05, 0) is 68.0 Å². The first kappa shape index (κ1) is 9.31. The van der Waals surface area contributed by atoms with Gasteiger partial charge in [0.05, 0.1) is 0 Å². The van der Waals surface area contributed by atoms with Crippen LogP contribution in [-0.2, 0) is 6.42 Å². The van der Waals surface area contributed by atoms with Crippen LogP contribution in [0.4, 0.5) is 0 Å². The summed E-state index contributed by atoms with van der Waals surface area (Å²) < 4.78 is 0. The zero-order valence-corrected chi connectivity index (χ0v) is 8.71. The van der Waals surface area contributed by atoms with E-state index in [1.54, 1.807) is 0 Å². The Balaban J connectivity index is 3.42. The van der Waals surface area contributed by atoms with Crippen molar-refractivity contribution >= 4 is 0 Å². The zero-order chi connectivity index (χ0) is 9.30. The Kier molecular flexibility index (Phi) is 2.56. The molecule has 0 saturated carbocycles. The van der Waals surface area contributed by atoms with Crippen molar-refractivity contribution in [3.05, 3.63) is 33.9 Å². The fraction of sp³-hybridized carbons (Fsp3) is 0.500. The average molecular weight is 161 g/mol. The standard InChI is InChI=1S/C12H17/c1-6-12-10(4)8(2)7-9(3)11(12)5/h6H2,1-5H3. The van der Waals surface area contributed by atoms with E-state index in [9.17, 15) is 0 Å². The van der Waals surface area contributed by atoms with Gasteiger partial charge in [0, 0.05) is 0 Å². The highest BCUT2D eigenvalue weighted by Gasteiger charge is 2.05. The van der Waals surface area contributed by atoms with Crippen molar-refractivity contribution in [2.45, 2.75) is 41.0 Å². The van der Waals surface area contributed by atoms with E-state index in [2.05, 4.69) is 40.7 Å². The molecule has 1 aromatic carbocycles. The molecule has 0 spiro atoms. The molecule has 0 N–H and O–H groups in total. The molecule has 12 heavy (non-hydrogen) atoms. The number of rotatable bonds is 1. The van der Waals surface area contributed by atoms with Gasteiger partial charge in [-0.2, -0.15) is 0 Å². The van der Waals surface area contributed by atoms with Crippen molar-refractivity contribution in [1.29, 1.82) is 0 Å². The van der Waals surface area contributed by atoms with Crippen molar-refractivity contribution in [2.24, 2.45) is 0 Å². The molecule has 0 saturated heterocycles. The first-order chi connectivity index (χ1) is 5.57. The Labute approximate surface area is 75.6 Å². The molecule has 0 aliphatic carbocycles. The molecule has 0 aromatic heterocycles. The van der Waals surface area contributed by atoms with Crippen molar-refractivity contribution < 1.29 is 0 Å². The van der Waals surface area contributed by atoms with Crippen LogP contribution in [0.1, 0.15) is 34.7 Å². The minimum Gasteiger partial charge on any atom is -0.0613 e. The van der Waals surface area contributed by atoms with Gasteiger partial charge in [0.25, 0.3) is 0 Å². The van der Waals surface area contributed by atoms with Gasteiger partial charge < -0.3 is 0 Å². The minimum atomic E-state index is 1.13. The van der Waals surface area contributed by atoms with E-state index in [0.717, 1.165) is 6.42 Å². The average Bonchev–Trinajstić information content (AvgIpc) is 2.02. The Hall–Kier alpha value is -0.780. The normalized spacial score (nSPS) is 10.4. The Morgan fingerprint density at radius 1 is 0.917 bits per heavy atom. The molecule has 0 bridgehead atoms. The first-order valence-electron chi connectivity index (χ1n) is 4.56. The summed E-state index contributed by atoms with van der Waals surface area (Å²) in [7, 11) is 0. The third-order valence-corrected chi connectivity index (χ3v) is 2.76. The third kappa shape index (κ3) is 1.38. The molecule has 0 aliphatic heterocycles. The van der Waals surface area contributed by atoms with Gasteiger partial charge in [-0.3, -0.25) is 0 Å². The molecule has 0 heterocycles. The molecule has 0 heteroatoms. The number of hydrogen-bond acceptors (Lipinski definition) is 0. The van der Waals surface area contributed by atoms with Crippen LogP contribution in [0.15, 0.2) is 0 Å². The van der Waals surface area contributed by atoms with Gasteiger partial charge in [-0.15, -0.1) is 0 Å². The molecule has 0 amide bonds. The molecular weight excluding hydrogens is 144 g/mol. The maximum atomic E-state index is 3.38. The van der Waals surface area contributed by atoms with E-state index in [1.165, 1.54) is 27.8 Å².